The summed E-state index contributed by atoms with van der Waals surface area (Å²) in [7, 11) is 0. The first-order valence-corrected chi connectivity index (χ1v) is 9.47. The Labute approximate surface area is 156 Å². The number of nitrogens with one attached hydrogen (secondary N) is 1. The van der Waals surface area contributed by atoms with Gasteiger partial charge in [-0.3, -0.25) is 9.69 Å². The maximum Gasteiger partial charge on any atom is 0.224 e. The van der Waals surface area contributed by atoms with Crippen LogP contribution in [0.2, 0.25) is 0 Å². The zero-order chi connectivity index (χ0) is 18.4. The molecule has 4 nitrogen and oxygen atoms in total. The van der Waals surface area contributed by atoms with Crippen molar-refractivity contribution in [3.63, 3.8) is 0 Å². The van der Waals surface area contributed by atoms with Gasteiger partial charge in [0.05, 0.1) is 0 Å². The summed E-state index contributed by atoms with van der Waals surface area (Å²) in [5.74, 6) is 0.252. The van der Waals surface area contributed by atoms with Crippen molar-refractivity contribution >= 4 is 11.6 Å². The molecule has 0 radical (unpaired) electrons. The van der Waals surface area contributed by atoms with Gasteiger partial charge in [-0.25, -0.2) is 0 Å². The van der Waals surface area contributed by atoms with Crippen molar-refractivity contribution in [3.8, 4) is 0 Å². The minimum atomic E-state index is 0.252. The lowest BCUT2D eigenvalue weighted by molar-refractivity contribution is -0.132. The molecule has 1 saturated heterocycles. The van der Waals surface area contributed by atoms with Crippen LogP contribution in [0.25, 0.3) is 0 Å². The lowest BCUT2D eigenvalue weighted by Gasteiger charge is -2.34. The molecule has 3 rings (SSSR count). The van der Waals surface area contributed by atoms with Gasteiger partial charge in [0.15, 0.2) is 0 Å². The predicted molar refractivity (Wildman–Crippen MR) is 107 cm³/mol. The molecule has 0 atom stereocenters. The second-order valence-electron chi connectivity index (χ2n) is 7.14. The fraction of sp³-hybridized carbons (Fsp3) is 0.409. The molecular weight excluding hydrogens is 322 g/mol. The van der Waals surface area contributed by atoms with Crippen molar-refractivity contribution in [3.05, 3.63) is 65.2 Å². The normalized spacial score (nSPS) is 15.1. The molecule has 1 N–H and O–H groups in total. The molecule has 138 valence electrons. The Morgan fingerprint density at radius 3 is 2.46 bits per heavy atom. The number of carbonyl (C=O) groups excluding carboxylic acids is 1. The third-order valence-corrected chi connectivity index (χ3v) is 5.02. The molecule has 4 heteroatoms. The molecule has 0 aromatic heterocycles. The molecule has 0 spiro atoms. The van der Waals surface area contributed by atoms with Gasteiger partial charge in [0, 0.05) is 51.4 Å². The van der Waals surface area contributed by atoms with E-state index in [1.165, 1.54) is 16.7 Å². The summed E-state index contributed by atoms with van der Waals surface area (Å²) in [6.45, 7) is 9.39. The van der Waals surface area contributed by atoms with Crippen LogP contribution in [0.15, 0.2) is 48.5 Å². The number of hydrogen-bond acceptors (Lipinski definition) is 3. The molecule has 0 aliphatic carbocycles. The Morgan fingerprint density at radius 2 is 1.73 bits per heavy atom. The number of nitrogens with zero attached hydrogens (tertiary/aromatic N) is 2. The van der Waals surface area contributed by atoms with Gasteiger partial charge in [0.25, 0.3) is 0 Å². The smallest absolute Gasteiger partial charge is 0.224 e. The van der Waals surface area contributed by atoms with Gasteiger partial charge >= 0.3 is 0 Å². The number of anilines is 1. The average Bonchev–Trinajstić information content (AvgIpc) is 2.66. The van der Waals surface area contributed by atoms with Crippen LogP contribution in [0, 0.1) is 13.8 Å². The van der Waals surface area contributed by atoms with Crippen molar-refractivity contribution in [1.82, 2.24) is 9.80 Å². The van der Waals surface area contributed by atoms with Crippen molar-refractivity contribution in [2.45, 2.75) is 26.8 Å². The third kappa shape index (κ3) is 5.09. The van der Waals surface area contributed by atoms with Crippen LogP contribution in [0.1, 0.15) is 23.1 Å². The minimum absolute atomic E-state index is 0.252. The van der Waals surface area contributed by atoms with Crippen molar-refractivity contribution in [2.24, 2.45) is 0 Å². The molecular formula is C22H29N3O. The van der Waals surface area contributed by atoms with E-state index in [0.29, 0.717) is 13.0 Å². The van der Waals surface area contributed by atoms with E-state index in [9.17, 15) is 4.79 Å². The molecule has 0 saturated carbocycles. The molecule has 1 amide bonds. The van der Waals surface area contributed by atoms with Crippen LogP contribution in [-0.4, -0.2) is 48.4 Å². The van der Waals surface area contributed by atoms with Crippen LogP contribution in [0.5, 0.6) is 0 Å². The highest BCUT2D eigenvalue weighted by Crippen LogP contribution is 2.16. The quantitative estimate of drug-likeness (QED) is 0.866. The van der Waals surface area contributed by atoms with E-state index < -0.39 is 0 Å². The number of carbonyl (C=O) groups is 1. The van der Waals surface area contributed by atoms with Gasteiger partial charge in [-0.15, -0.1) is 0 Å². The van der Waals surface area contributed by atoms with Crippen LogP contribution in [-0.2, 0) is 11.3 Å². The minimum Gasteiger partial charge on any atom is -0.384 e. The van der Waals surface area contributed by atoms with Gasteiger partial charge in [0.1, 0.15) is 0 Å². The molecule has 2 aromatic carbocycles. The number of aryl methyl sites for hydroxylation is 2. The van der Waals surface area contributed by atoms with E-state index in [1.54, 1.807) is 0 Å². The molecule has 1 heterocycles. The summed E-state index contributed by atoms with van der Waals surface area (Å²) in [5.41, 5.74) is 4.92. The second kappa shape index (κ2) is 8.86. The van der Waals surface area contributed by atoms with Gasteiger partial charge in [0.2, 0.25) is 5.91 Å². The number of piperazine rings is 1. The zero-order valence-corrected chi connectivity index (χ0v) is 15.9. The topological polar surface area (TPSA) is 35.6 Å². The van der Waals surface area contributed by atoms with E-state index in [4.69, 9.17) is 0 Å². The first-order chi connectivity index (χ1) is 12.6. The number of rotatable bonds is 6. The van der Waals surface area contributed by atoms with E-state index in [0.717, 1.165) is 38.4 Å². The predicted octanol–water partition coefficient (Wildman–Crippen LogP) is 3.45. The van der Waals surface area contributed by atoms with Gasteiger partial charge < -0.3 is 10.2 Å². The Bertz CT molecular complexity index is 721. The first-order valence-electron chi connectivity index (χ1n) is 9.47. The lowest BCUT2D eigenvalue weighted by atomic mass is 10.1. The summed E-state index contributed by atoms with van der Waals surface area (Å²) in [4.78, 5) is 16.9. The molecule has 1 aliphatic rings. The Kier molecular flexibility index (Phi) is 6.29. The van der Waals surface area contributed by atoms with Crippen LogP contribution in [0.4, 0.5) is 5.69 Å². The van der Waals surface area contributed by atoms with Crippen molar-refractivity contribution in [1.29, 1.82) is 0 Å². The molecule has 0 bridgehead atoms. The number of hydrogen-bond donors (Lipinski definition) is 1. The Hall–Kier alpha value is -2.33. The molecule has 0 unspecified atom stereocenters. The van der Waals surface area contributed by atoms with Crippen LogP contribution < -0.4 is 5.32 Å². The fourth-order valence-electron chi connectivity index (χ4n) is 3.39. The van der Waals surface area contributed by atoms with Gasteiger partial charge in [-0.05, 0) is 36.6 Å². The molecule has 26 heavy (non-hydrogen) atoms. The van der Waals surface area contributed by atoms with Gasteiger partial charge in [-0.1, -0.05) is 42.5 Å². The number of benzene rings is 2. The fourth-order valence-corrected chi connectivity index (χ4v) is 3.39. The summed E-state index contributed by atoms with van der Waals surface area (Å²) < 4.78 is 0. The molecule has 1 aliphatic heterocycles. The first kappa shape index (κ1) is 18.5. The zero-order valence-electron chi connectivity index (χ0n) is 15.9. The van der Waals surface area contributed by atoms with Crippen molar-refractivity contribution in [2.75, 3.05) is 38.0 Å². The Balaban J connectivity index is 1.40. The Morgan fingerprint density at radius 1 is 1.00 bits per heavy atom. The summed E-state index contributed by atoms with van der Waals surface area (Å²) in [6, 6.07) is 16.9. The van der Waals surface area contributed by atoms with E-state index in [1.807, 2.05) is 11.0 Å². The highest BCUT2D eigenvalue weighted by atomic mass is 16.2. The summed E-state index contributed by atoms with van der Waals surface area (Å²) in [5, 5.41) is 3.41. The number of amides is 1. The molecule has 2 aromatic rings. The standard InChI is InChI=1S/C22H29N3O/c1-18-8-9-19(2)21(16-18)23-11-10-22(26)25-14-12-24(13-15-25)17-20-6-4-3-5-7-20/h3-9,16,23H,10-15,17H2,1-2H3. The van der Waals surface area contributed by atoms with E-state index >= 15 is 0 Å². The maximum absolute atomic E-state index is 12.5. The third-order valence-electron chi connectivity index (χ3n) is 5.02. The lowest BCUT2D eigenvalue weighted by Crippen LogP contribution is -2.48. The van der Waals surface area contributed by atoms with E-state index in [-0.39, 0.29) is 5.91 Å². The van der Waals surface area contributed by atoms with Crippen LogP contribution >= 0.6 is 0 Å². The summed E-state index contributed by atoms with van der Waals surface area (Å²) in [6.07, 6.45) is 0.548. The maximum atomic E-state index is 12.5. The van der Waals surface area contributed by atoms with Crippen molar-refractivity contribution < 1.29 is 4.79 Å². The largest absolute Gasteiger partial charge is 0.384 e. The monoisotopic (exact) mass is 351 g/mol. The highest BCUT2D eigenvalue weighted by Gasteiger charge is 2.20. The van der Waals surface area contributed by atoms with Crippen LogP contribution in [0.3, 0.4) is 0 Å². The second-order valence-corrected chi connectivity index (χ2v) is 7.14. The van der Waals surface area contributed by atoms with E-state index in [2.05, 4.69) is 66.5 Å². The summed E-state index contributed by atoms with van der Waals surface area (Å²) >= 11 is 0. The van der Waals surface area contributed by atoms with Gasteiger partial charge in [-0.2, -0.15) is 0 Å². The average molecular weight is 351 g/mol. The molecule has 1 fully saturated rings. The highest BCUT2D eigenvalue weighted by molar-refractivity contribution is 5.77. The SMILES string of the molecule is Cc1ccc(C)c(NCCC(=O)N2CCN(Cc3ccccc3)CC2)c1.